The molecule has 122 valence electrons. The Morgan fingerprint density at radius 2 is 1.18 bits per heavy atom. The second kappa shape index (κ2) is 8.67. The summed E-state index contributed by atoms with van der Waals surface area (Å²) in [5, 5.41) is 5.73. The van der Waals surface area contributed by atoms with Gasteiger partial charge in [0.1, 0.15) is 0 Å². The summed E-state index contributed by atoms with van der Waals surface area (Å²) in [6.07, 6.45) is 0. The smallest absolute Gasteiger partial charge is 0.252 e. The van der Waals surface area contributed by atoms with Crippen LogP contribution in [0.2, 0.25) is 0 Å². The van der Waals surface area contributed by atoms with E-state index >= 15 is 0 Å². The molecule has 1 aromatic rings. The summed E-state index contributed by atoms with van der Waals surface area (Å²) in [5.41, 5.74) is 1.01. The molecule has 0 aliphatic heterocycles. The number of nitrogens with one attached hydrogen (secondary N) is 2. The average Bonchev–Trinajstić information content (AvgIpc) is 2.44. The molecule has 22 heavy (non-hydrogen) atoms. The Balaban J connectivity index is 2.92. The fraction of sp³-hybridized carbons (Fsp3) is 0.500. The maximum Gasteiger partial charge on any atom is 0.252 e. The van der Waals surface area contributed by atoms with Gasteiger partial charge in [-0.3, -0.25) is 9.59 Å². The summed E-state index contributed by atoms with van der Waals surface area (Å²) in [5.74, 6) is 0.449. The lowest BCUT2D eigenvalue weighted by atomic mass is 10.1. The molecule has 0 unspecified atom stereocenters. The quantitative estimate of drug-likeness (QED) is 0.712. The van der Waals surface area contributed by atoms with E-state index in [1.165, 1.54) is 0 Å². The second-order valence-corrected chi connectivity index (χ2v) is 7.73. The molecule has 0 aliphatic rings. The molecule has 4 nitrogen and oxygen atoms in total. The summed E-state index contributed by atoms with van der Waals surface area (Å²) in [7, 11) is 0. The van der Waals surface area contributed by atoms with Crippen LogP contribution in [0.3, 0.4) is 0 Å². The third kappa shape index (κ3) is 5.72. The zero-order valence-electron chi connectivity index (χ0n) is 13.3. The minimum Gasteiger partial charge on any atom is -0.352 e. The Bertz CT molecular complexity index is 508. The molecular formula is C16H22Br2N2O2. The van der Waals surface area contributed by atoms with Gasteiger partial charge in [0.05, 0.1) is 11.1 Å². The van der Waals surface area contributed by atoms with Crippen molar-refractivity contribution in [1.29, 1.82) is 0 Å². The van der Waals surface area contributed by atoms with Crippen molar-refractivity contribution in [3.8, 4) is 0 Å². The number of rotatable bonds is 6. The van der Waals surface area contributed by atoms with E-state index in [9.17, 15) is 9.59 Å². The molecule has 2 amide bonds. The molecule has 1 rings (SSSR count). The van der Waals surface area contributed by atoms with Crippen LogP contribution in [0.4, 0.5) is 0 Å². The van der Waals surface area contributed by atoms with Crippen molar-refractivity contribution in [1.82, 2.24) is 10.6 Å². The van der Waals surface area contributed by atoms with Gasteiger partial charge in [0.25, 0.3) is 11.8 Å². The molecule has 0 aromatic heterocycles. The molecule has 2 N–H and O–H groups in total. The van der Waals surface area contributed by atoms with E-state index in [1.54, 1.807) is 12.1 Å². The number of carbonyl (C=O) groups is 2. The van der Waals surface area contributed by atoms with E-state index in [-0.39, 0.29) is 11.8 Å². The van der Waals surface area contributed by atoms with Gasteiger partial charge in [0.2, 0.25) is 0 Å². The van der Waals surface area contributed by atoms with Crippen LogP contribution in [0.1, 0.15) is 48.4 Å². The third-order valence-corrected chi connectivity index (χ3v) is 4.20. The van der Waals surface area contributed by atoms with Crippen LogP contribution >= 0.6 is 31.9 Å². The highest BCUT2D eigenvalue weighted by atomic mass is 79.9. The molecule has 0 radical (unpaired) electrons. The first-order valence-electron chi connectivity index (χ1n) is 7.27. The van der Waals surface area contributed by atoms with Gasteiger partial charge in [0, 0.05) is 22.0 Å². The van der Waals surface area contributed by atoms with Crippen molar-refractivity contribution in [3.63, 3.8) is 0 Å². The molecule has 0 saturated carbocycles. The highest BCUT2D eigenvalue weighted by molar-refractivity contribution is 9.11. The zero-order valence-corrected chi connectivity index (χ0v) is 16.5. The Morgan fingerprint density at radius 1 is 0.864 bits per heavy atom. The predicted octanol–water partition coefficient (Wildman–Crippen LogP) is 3.98. The normalized spacial score (nSPS) is 10.9. The topological polar surface area (TPSA) is 58.2 Å². The number of hydrogen-bond acceptors (Lipinski definition) is 2. The van der Waals surface area contributed by atoms with Gasteiger partial charge < -0.3 is 10.6 Å². The van der Waals surface area contributed by atoms with Crippen LogP contribution in [0.15, 0.2) is 21.1 Å². The van der Waals surface area contributed by atoms with Crippen molar-refractivity contribution < 1.29 is 9.59 Å². The zero-order chi connectivity index (χ0) is 16.9. The summed E-state index contributed by atoms with van der Waals surface area (Å²) < 4.78 is 1.21. The fourth-order valence-corrected chi connectivity index (χ4v) is 2.73. The lowest BCUT2D eigenvalue weighted by Gasteiger charge is -2.13. The van der Waals surface area contributed by atoms with E-state index in [4.69, 9.17) is 0 Å². The van der Waals surface area contributed by atoms with Crippen molar-refractivity contribution in [3.05, 3.63) is 32.2 Å². The summed E-state index contributed by atoms with van der Waals surface area (Å²) in [6, 6.07) is 3.34. The molecule has 0 heterocycles. The lowest BCUT2D eigenvalue weighted by Crippen LogP contribution is -2.29. The maximum atomic E-state index is 12.2. The van der Waals surface area contributed by atoms with Crippen LogP contribution in [0.5, 0.6) is 0 Å². The summed E-state index contributed by atoms with van der Waals surface area (Å²) >= 11 is 6.75. The minimum atomic E-state index is -0.157. The van der Waals surface area contributed by atoms with Gasteiger partial charge >= 0.3 is 0 Å². The Labute approximate surface area is 148 Å². The van der Waals surface area contributed by atoms with Crippen molar-refractivity contribution in [2.75, 3.05) is 13.1 Å². The van der Waals surface area contributed by atoms with Gasteiger partial charge in [-0.15, -0.1) is 0 Å². The van der Waals surface area contributed by atoms with E-state index in [1.807, 2.05) is 27.7 Å². The highest BCUT2D eigenvalue weighted by Gasteiger charge is 2.17. The molecule has 6 heteroatoms. The van der Waals surface area contributed by atoms with Crippen molar-refractivity contribution in [2.45, 2.75) is 27.7 Å². The first-order chi connectivity index (χ1) is 10.2. The summed E-state index contributed by atoms with van der Waals surface area (Å²) in [4.78, 5) is 24.3. The maximum absolute atomic E-state index is 12.2. The molecule has 0 bridgehead atoms. The Kier molecular flexibility index (Phi) is 7.56. The lowest BCUT2D eigenvalue weighted by molar-refractivity contribution is 0.0936. The van der Waals surface area contributed by atoms with Crippen LogP contribution in [0.25, 0.3) is 0 Å². The van der Waals surface area contributed by atoms with Gasteiger partial charge in [-0.05, 0) is 55.8 Å². The molecular weight excluding hydrogens is 412 g/mol. The fourth-order valence-electron chi connectivity index (χ4n) is 1.68. The largest absolute Gasteiger partial charge is 0.352 e. The molecule has 0 saturated heterocycles. The van der Waals surface area contributed by atoms with Gasteiger partial charge in [-0.25, -0.2) is 0 Å². The second-order valence-electron chi connectivity index (χ2n) is 6.02. The number of hydrogen-bond donors (Lipinski definition) is 2. The SMILES string of the molecule is CC(C)CNC(=O)c1cc(Br)c(C(=O)NCC(C)C)cc1Br. The number of halogens is 2. The first kappa shape index (κ1) is 19.2. The van der Waals surface area contributed by atoms with Crippen LogP contribution in [-0.2, 0) is 0 Å². The van der Waals surface area contributed by atoms with Gasteiger partial charge in [-0.1, -0.05) is 27.7 Å². The highest BCUT2D eigenvalue weighted by Crippen LogP contribution is 2.26. The minimum absolute atomic E-state index is 0.157. The standard InChI is InChI=1S/C16H22Br2N2O2/c1-9(2)7-19-15(21)11-5-14(18)12(6-13(11)17)16(22)20-8-10(3)4/h5-6,9-10H,7-8H2,1-4H3,(H,19,21)(H,20,22). The van der Waals surface area contributed by atoms with Crippen molar-refractivity contribution in [2.24, 2.45) is 11.8 Å². The van der Waals surface area contributed by atoms with Gasteiger partial charge in [0.15, 0.2) is 0 Å². The van der Waals surface area contributed by atoms with Crippen LogP contribution < -0.4 is 10.6 Å². The Morgan fingerprint density at radius 3 is 1.45 bits per heavy atom. The monoisotopic (exact) mass is 432 g/mol. The van der Waals surface area contributed by atoms with Gasteiger partial charge in [-0.2, -0.15) is 0 Å². The number of amides is 2. The van der Waals surface area contributed by atoms with E-state index in [2.05, 4.69) is 42.5 Å². The van der Waals surface area contributed by atoms with Crippen LogP contribution in [-0.4, -0.2) is 24.9 Å². The average molecular weight is 434 g/mol. The number of carbonyl (C=O) groups excluding carboxylic acids is 2. The Hall–Kier alpha value is -0.880. The van der Waals surface area contributed by atoms with E-state index in [0.29, 0.717) is 45.0 Å². The van der Waals surface area contributed by atoms with Crippen LogP contribution in [0, 0.1) is 11.8 Å². The van der Waals surface area contributed by atoms with Crippen molar-refractivity contribution >= 4 is 43.7 Å². The first-order valence-corrected chi connectivity index (χ1v) is 8.86. The summed E-state index contributed by atoms with van der Waals surface area (Å²) in [6.45, 7) is 9.36. The van der Waals surface area contributed by atoms with E-state index in [0.717, 1.165) is 0 Å². The molecule has 1 aromatic carbocycles. The molecule has 0 aliphatic carbocycles. The predicted molar refractivity (Wildman–Crippen MR) is 96.2 cm³/mol. The molecule has 0 atom stereocenters. The third-order valence-electron chi connectivity index (χ3n) is 2.89. The van der Waals surface area contributed by atoms with E-state index < -0.39 is 0 Å². The number of benzene rings is 1. The molecule has 0 spiro atoms. The molecule has 0 fully saturated rings.